The van der Waals surface area contributed by atoms with Gasteiger partial charge < -0.3 is 20.3 Å². The number of rotatable bonds is 9. The molecule has 0 saturated heterocycles. The monoisotopic (exact) mass is 281 g/mol. The van der Waals surface area contributed by atoms with E-state index in [1.165, 1.54) is 7.11 Å². The molecule has 0 aromatic heterocycles. The average Bonchev–Trinajstić information content (AvgIpc) is 2.49. The van der Waals surface area contributed by atoms with E-state index in [1.807, 2.05) is 24.3 Å². The SMILES string of the molecule is COC(=O)CCc1ccc(OCC(O)CCCN)cc1. The van der Waals surface area contributed by atoms with E-state index in [2.05, 4.69) is 4.74 Å². The fourth-order valence-corrected chi connectivity index (χ4v) is 1.73. The van der Waals surface area contributed by atoms with Crippen LogP contribution in [0.4, 0.5) is 0 Å². The first-order chi connectivity index (χ1) is 9.65. The van der Waals surface area contributed by atoms with E-state index in [0.29, 0.717) is 31.6 Å². The lowest BCUT2D eigenvalue weighted by molar-refractivity contribution is -0.140. The van der Waals surface area contributed by atoms with Crippen molar-refractivity contribution in [2.45, 2.75) is 31.8 Å². The number of aliphatic hydroxyl groups excluding tert-OH is 1. The molecule has 0 saturated carbocycles. The molecule has 1 unspecified atom stereocenters. The van der Waals surface area contributed by atoms with Crippen molar-refractivity contribution in [2.24, 2.45) is 5.73 Å². The van der Waals surface area contributed by atoms with Crippen LogP contribution >= 0.6 is 0 Å². The summed E-state index contributed by atoms with van der Waals surface area (Å²) in [4.78, 5) is 11.0. The van der Waals surface area contributed by atoms with E-state index in [4.69, 9.17) is 10.5 Å². The summed E-state index contributed by atoms with van der Waals surface area (Å²) in [6.45, 7) is 0.841. The van der Waals surface area contributed by atoms with Crippen LogP contribution in [0.25, 0.3) is 0 Å². The Kier molecular flexibility index (Phi) is 7.69. The molecule has 0 spiro atoms. The first-order valence-corrected chi connectivity index (χ1v) is 6.82. The van der Waals surface area contributed by atoms with Gasteiger partial charge in [-0.05, 0) is 43.5 Å². The molecule has 0 fully saturated rings. The number of nitrogens with two attached hydrogens (primary N) is 1. The third-order valence-corrected chi connectivity index (χ3v) is 2.95. The molecule has 0 aliphatic carbocycles. The summed E-state index contributed by atoms with van der Waals surface area (Å²) < 4.78 is 10.1. The van der Waals surface area contributed by atoms with Gasteiger partial charge >= 0.3 is 5.97 Å². The van der Waals surface area contributed by atoms with E-state index in [-0.39, 0.29) is 12.6 Å². The molecule has 0 radical (unpaired) electrons. The molecule has 0 aliphatic rings. The maximum atomic E-state index is 11.0. The molecule has 0 heterocycles. The van der Waals surface area contributed by atoms with Crippen molar-refractivity contribution >= 4 is 5.97 Å². The number of carbonyl (C=O) groups is 1. The van der Waals surface area contributed by atoms with Gasteiger partial charge in [-0.1, -0.05) is 12.1 Å². The summed E-state index contributed by atoms with van der Waals surface area (Å²) in [6, 6.07) is 7.49. The van der Waals surface area contributed by atoms with Crippen molar-refractivity contribution in [2.75, 3.05) is 20.3 Å². The Morgan fingerprint density at radius 3 is 2.65 bits per heavy atom. The number of carbonyl (C=O) groups excluding carboxylic acids is 1. The van der Waals surface area contributed by atoms with Gasteiger partial charge in [-0.15, -0.1) is 0 Å². The van der Waals surface area contributed by atoms with Gasteiger partial charge in [0.15, 0.2) is 0 Å². The fraction of sp³-hybridized carbons (Fsp3) is 0.533. The van der Waals surface area contributed by atoms with Crippen LogP contribution in [0, 0.1) is 0 Å². The number of benzene rings is 1. The molecule has 0 bridgehead atoms. The van der Waals surface area contributed by atoms with E-state index in [1.54, 1.807) is 0 Å². The van der Waals surface area contributed by atoms with Crippen LogP contribution in [0.3, 0.4) is 0 Å². The second-order valence-electron chi connectivity index (χ2n) is 4.62. The van der Waals surface area contributed by atoms with E-state index >= 15 is 0 Å². The molecule has 1 aromatic carbocycles. The van der Waals surface area contributed by atoms with Gasteiger partial charge in [-0.3, -0.25) is 4.79 Å². The highest BCUT2D eigenvalue weighted by Gasteiger charge is 2.05. The normalized spacial score (nSPS) is 11.9. The maximum absolute atomic E-state index is 11.0. The molecule has 112 valence electrons. The number of aryl methyl sites for hydroxylation is 1. The van der Waals surface area contributed by atoms with Crippen molar-refractivity contribution in [3.63, 3.8) is 0 Å². The quantitative estimate of drug-likeness (QED) is 0.666. The predicted molar refractivity (Wildman–Crippen MR) is 76.6 cm³/mol. The lowest BCUT2D eigenvalue weighted by atomic mass is 10.1. The Labute approximate surface area is 119 Å². The number of ether oxygens (including phenoxy) is 2. The van der Waals surface area contributed by atoms with Crippen LogP contribution < -0.4 is 10.5 Å². The largest absolute Gasteiger partial charge is 0.491 e. The van der Waals surface area contributed by atoms with Crippen molar-refractivity contribution in [1.82, 2.24) is 0 Å². The number of methoxy groups -OCH3 is 1. The summed E-state index contributed by atoms with van der Waals surface area (Å²) in [5.41, 5.74) is 6.42. The first-order valence-electron chi connectivity index (χ1n) is 6.82. The van der Waals surface area contributed by atoms with Crippen LogP contribution in [0.5, 0.6) is 5.75 Å². The van der Waals surface area contributed by atoms with Crippen molar-refractivity contribution < 1.29 is 19.4 Å². The first kappa shape index (κ1) is 16.5. The molecule has 1 atom stereocenters. The van der Waals surface area contributed by atoms with Gasteiger partial charge in [-0.25, -0.2) is 0 Å². The Morgan fingerprint density at radius 1 is 1.35 bits per heavy atom. The van der Waals surface area contributed by atoms with Gasteiger partial charge in [0.2, 0.25) is 0 Å². The van der Waals surface area contributed by atoms with Crippen LogP contribution in [-0.2, 0) is 16.0 Å². The zero-order valence-electron chi connectivity index (χ0n) is 11.9. The molecular weight excluding hydrogens is 258 g/mol. The average molecular weight is 281 g/mol. The van der Waals surface area contributed by atoms with E-state index in [9.17, 15) is 9.90 Å². The minimum Gasteiger partial charge on any atom is -0.491 e. The molecular formula is C15H23NO4. The molecule has 20 heavy (non-hydrogen) atoms. The highest BCUT2D eigenvalue weighted by molar-refractivity contribution is 5.69. The van der Waals surface area contributed by atoms with Gasteiger partial charge in [0, 0.05) is 6.42 Å². The Bertz CT molecular complexity index is 391. The van der Waals surface area contributed by atoms with Crippen molar-refractivity contribution in [3.05, 3.63) is 29.8 Å². The van der Waals surface area contributed by atoms with Gasteiger partial charge in [-0.2, -0.15) is 0 Å². The van der Waals surface area contributed by atoms with Gasteiger partial charge in [0.1, 0.15) is 12.4 Å². The molecule has 5 nitrogen and oxygen atoms in total. The predicted octanol–water partition coefficient (Wildman–Crippen LogP) is 1.27. The van der Waals surface area contributed by atoms with E-state index in [0.717, 1.165) is 12.0 Å². The van der Waals surface area contributed by atoms with Crippen LogP contribution in [0.1, 0.15) is 24.8 Å². The van der Waals surface area contributed by atoms with Crippen LogP contribution in [0.2, 0.25) is 0 Å². The smallest absolute Gasteiger partial charge is 0.305 e. The maximum Gasteiger partial charge on any atom is 0.305 e. The fourth-order valence-electron chi connectivity index (χ4n) is 1.73. The highest BCUT2D eigenvalue weighted by Crippen LogP contribution is 2.14. The summed E-state index contributed by atoms with van der Waals surface area (Å²) in [5.74, 6) is 0.493. The third-order valence-electron chi connectivity index (χ3n) is 2.95. The number of esters is 1. The van der Waals surface area contributed by atoms with Crippen molar-refractivity contribution in [3.8, 4) is 5.75 Å². The molecule has 0 aliphatic heterocycles. The molecule has 5 heteroatoms. The zero-order chi connectivity index (χ0) is 14.8. The molecule has 1 rings (SSSR count). The van der Waals surface area contributed by atoms with E-state index < -0.39 is 6.10 Å². The lowest BCUT2D eigenvalue weighted by Gasteiger charge is -2.12. The molecule has 1 aromatic rings. The van der Waals surface area contributed by atoms with Gasteiger partial charge in [0.25, 0.3) is 0 Å². The highest BCUT2D eigenvalue weighted by atomic mass is 16.5. The Hall–Kier alpha value is -1.59. The zero-order valence-corrected chi connectivity index (χ0v) is 11.9. The molecule has 3 N–H and O–H groups in total. The topological polar surface area (TPSA) is 81.8 Å². The Balaban J connectivity index is 2.33. The Morgan fingerprint density at radius 2 is 2.05 bits per heavy atom. The second kappa shape index (κ2) is 9.34. The minimum atomic E-state index is -0.488. The van der Waals surface area contributed by atoms with Gasteiger partial charge in [0.05, 0.1) is 13.2 Å². The minimum absolute atomic E-state index is 0.214. The lowest BCUT2D eigenvalue weighted by Crippen LogP contribution is -2.18. The van der Waals surface area contributed by atoms with Crippen LogP contribution in [0.15, 0.2) is 24.3 Å². The number of aliphatic hydroxyl groups is 1. The van der Waals surface area contributed by atoms with Crippen molar-refractivity contribution in [1.29, 1.82) is 0 Å². The summed E-state index contributed by atoms with van der Waals surface area (Å²) in [7, 11) is 1.38. The second-order valence-corrected chi connectivity index (χ2v) is 4.62. The van der Waals surface area contributed by atoms with Crippen LogP contribution in [-0.4, -0.2) is 37.4 Å². The number of hydrogen-bond donors (Lipinski definition) is 2. The summed E-state index contributed by atoms with van der Waals surface area (Å²) in [6.07, 6.45) is 1.96. The third kappa shape index (κ3) is 6.54. The number of hydrogen-bond acceptors (Lipinski definition) is 5. The summed E-state index contributed by atoms with van der Waals surface area (Å²) in [5, 5.41) is 9.64. The summed E-state index contributed by atoms with van der Waals surface area (Å²) >= 11 is 0. The standard InChI is InChI=1S/C15H23NO4/c1-19-15(18)9-6-12-4-7-14(8-5-12)20-11-13(17)3-2-10-16/h4-5,7-8,13,17H,2-3,6,9-11,16H2,1H3. The molecule has 0 amide bonds.